The number of halogens is 1. The molecule has 1 aromatic carbocycles. The molecular formula is C17H23ClN4O3S. The monoisotopic (exact) mass is 398 g/mol. The van der Waals surface area contributed by atoms with Gasteiger partial charge in [-0.3, -0.25) is 0 Å². The van der Waals surface area contributed by atoms with Gasteiger partial charge in [-0.1, -0.05) is 25.4 Å². The normalized spacial score (nSPS) is 11.6. The molecule has 0 radical (unpaired) electrons. The van der Waals surface area contributed by atoms with E-state index in [1.54, 1.807) is 19.9 Å². The molecule has 1 aromatic heterocycles. The molecule has 26 heavy (non-hydrogen) atoms. The lowest BCUT2D eigenvalue weighted by molar-refractivity contribution is 0.251. The molecule has 2 amide bonds. The fourth-order valence-electron chi connectivity index (χ4n) is 2.50. The average Bonchev–Trinajstić information content (AvgIpc) is 3.01. The third-order valence-electron chi connectivity index (χ3n) is 3.86. The van der Waals surface area contributed by atoms with E-state index in [9.17, 15) is 13.2 Å². The summed E-state index contributed by atoms with van der Waals surface area (Å²) >= 11 is 6.08. The van der Waals surface area contributed by atoms with Crippen molar-refractivity contribution in [3.63, 3.8) is 0 Å². The first-order chi connectivity index (χ1) is 12.3. The Kier molecular flexibility index (Phi) is 6.69. The molecule has 1 heterocycles. The Balaban J connectivity index is 2.12. The highest BCUT2D eigenvalue weighted by Gasteiger charge is 2.24. The predicted octanol–water partition coefficient (Wildman–Crippen LogP) is 3.03. The van der Waals surface area contributed by atoms with Gasteiger partial charge in [0.05, 0.1) is 5.02 Å². The minimum Gasteiger partial charge on any atom is -0.357 e. The smallest absolute Gasteiger partial charge is 0.319 e. The summed E-state index contributed by atoms with van der Waals surface area (Å²) in [5, 5.41) is 5.48. The predicted molar refractivity (Wildman–Crippen MR) is 103 cm³/mol. The van der Waals surface area contributed by atoms with Gasteiger partial charge in [0.2, 0.25) is 10.0 Å². The fraction of sp³-hybridized carbons (Fsp3) is 0.353. The number of urea groups is 1. The number of hydrogen-bond donors (Lipinski definition) is 2. The third kappa shape index (κ3) is 4.78. The second-order valence-corrected chi connectivity index (χ2v) is 8.04. The fourth-order valence-corrected chi connectivity index (χ4v) is 4.46. The Morgan fingerprint density at radius 2 is 1.92 bits per heavy atom. The molecule has 7 nitrogen and oxygen atoms in total. The van der Waals surface area contributed by atoms with Gasteiger partial charge < -0.3 is 15.2 Å². The summed E-state index contributed by atoms with van der Waals surface area (Å²) in [7, 11) is -1.82. The molecule has 2 aromatic rings. The van der Waals surface area contributed by atoms with Gasteiger partial charge >= 0.3 is 6.03 Å². The largest absolute Gasteiger partial charge is 0.357 e. The van der Waals surface area contributed by atoms with Crippen LogP contribution in [0.4, 0.5) is 10.5 Å². The molecule has 0 aliphatic heterocycles. The van der Waals surface area contributed by atoms with Crippen LogP contribution in [0.15, 0.2) is 41.6 Å². The van der Waals surface area contributed by atoms with Crippen molar-refractivity contribution in [1.82, 2.24) is 14.2 Å². The van der Waals surface area contributed by atoms with Crippen LogP contribution in [-0.2, 0) is 23.6 Å². The number of amides is 2. The molecule has 0 bridgehead atoms. The number of benzene rings is 1. The van der Waals surface area contributed by atoms with Crippen LogP contribution >= 0.6 is 11.6 Å². The van der Waals surface area contributed by atoms with Crippen LogP contribution in [0.25, 0.3) is 0 Å². The average molecular weight is 399 g/mol. The van der Waals surface area contributed by atoms with Crippen LogP contribution < -0.4 is 10.6 Å². The Labute approximate surface area is 159 Å². The van der Waals surface area contributed by atoms with Gasteiger partial charge in [0.15, 0.2) is 0 Å². The van der Waals surface area contributed by atoms with Crippen molar-refractivity contribution in [1.29, 1.82) is 0 Å². The van der Waals surface area contributed by atoms with Crippen LogP contribution in [0.1, 0.15) is 19.4 Å². The van der Waals surface area contributed by atoms with E-state index in [2.05, 4.69) is 10.6 Å². The molecule has 0 saturated carbocycles. The molecule has 0 fully saturated rings. The first-order valence-corrected chi connectivity index (χ1v) is 10.0. The quantitative estimate of drug-likeness (QED) is 0.751. The number of nitrogens with one attached hydrogen (secondary N) is 2. The van der Waals surface area contributed by atoms with Crippen molar-refractivity contribution < 1.29 is 13.2 Å². The van der Waals surface area contributed by atoms with E-state index in [-0.39, 0.29) is 9.92 Å². The van der Waals surface area contributed by atoms with Crippen molar-refractivity contribution in [2.75, 3.05) is 18.4 Å². The van der Waals surface area contributed by atoms with Crippen LogP contribution in [0.5, 0.6) is 0 Å². The van der Waals surface area contributed by atoms with Crippen molar-refractivity contribution in [3.05, 3.63) is 47.2 Å². The standard InChI is InChI=1S/C17H23ClN4O3S/c1-4-22(5-2)26(24,25)16-10-14(6-7-15(16)18)20-17(23)19-11-13-8-9-21(3)12-13/h6-10,12H,4-5,11H2,1-3H3,(H2,19,20,23). The van der Waals surface area contributed by atoms with Gasteiger partial charge in [0, 0.05) is 44.8 Å². The second kappa shape index (κ2) is 8.57. The molecular weight excluding hydrogens is 376 g/mol. The SMILES string of the molecule is CCN(CC)S(=O)(=O)c1cc(NC(=O)NCc2ccn(C)c2)ccc1Cl. The van der Waals surface area contributed by atoms with Gasteiger partial charge in [-0.05, 0) is 29.8 Å². The Hall–Kier alpha value is -2.03. The maximum Gasteiger partial charge on any atom is 0.319 e. The maximum atomic E-state index is 12.7. The Morgan fingerprint density at radius 1 is 1.23 bits per heavy atom. The van der Waals surface area contributed by atoms with E-state index in [0.29, 0.717) is 25.3 Å². The number of aromatic nitrogens is 1. The van der Waals surface area contributed by atoms with E-state index in [4.69, 9.17) is 11.6 Å². The highest BCUT2D eigenvalue weighted by molar-refractivity contribution is 7.89. The molecule has 0 spiro atoms. The Morgan fingerprint density at radius 3 is 2.50 bits per heavy atom. The molecule has 0 unspecified atom stereocenters. The van der Waals surface area contributed by atoms with Crippen molar-refractivity contribution >= 4 is 33.3 Å². The van der Waals surface area contributed by atoms with Crippen molar-refractivity contribution in [3.8, 4) is 0 Å². The van der Waals surface area contributed by atoms with E-state index in [1.807, 2.05) is 30.1 Å². The number of hydrogen-bond acceptors (Lipinski definition) is 3. The summed E-state index contributed by atoms with van der Waals surface area (Å²) in [5.41, 5.74) is 1.31. The lowest BCUT2D eigenvalue weighted by Gasteiger charge is -2.19. The van der Waals surface area contributed by atoms with Gasteiger partial charge in [-0.2, -0.15) is 4.31 Å². The van der Waals surface area contributed by atoms with Gasteiger partial charge in [-0.15, -0.1) is 0 Å². The van der Waals surface area contributed by atoms with Crippen LogP contribution in [0.3, 0.4) is 0 Å². The molecule has 9 heteroatoms. The number of sulfonamides is 1. The summed E-state index contributed by atoms with van der Waals surface area (Å²) in [6.45, 7) is 4.56. The zero-order chi connectivity index (χ0) is 19.3. The van der Waals surface area contributed by atoms with Crippen LogP contribution in [-0.4, -0.2) is 36.4 Å². The third-order valence-corrected chi connectivity index (χ3v) is 6.39. The molecule has 0 aliphatic rings. The van der Waals surface area contributed by atoms with E-state index in [1.165, 1.54) is 16.4 Å². The van der Waals surface area contributed by atoms with Gasteiger partial charge in [-0.25, -0.2) is 13.2 Å². The van der Waals surface area contributed by atoms with E-state index < -0.39 is 16.1 Å². The summed E-state index contributed by atoms with van der Waals surface area (Å²) in [4.78, 5) is 12.0. The second-order valence-electron chi connectivity index (χ2n) is 5.73. The van der Waals surface area contributed by atoms with Gasteiger partial charge in [0.1, 0.15) is 4.90 Å². The van der Waals surface area contributed by atoms with Crippen molar-refractivity contribution in [2.24, 2.45) is 7.05 Å². The highest BCUT2D eigenvalue weighted by Crippen LogP contribution is 2.27. The first-order valence-electron chi connectivity index (χ1n) is 8.23. The lowest BCUT2D eigenvalue weighted by atomic mass is 10.3. The summed E-state index contributed by atoms with van der Waals surface area (Å²) in [5.74, 6) is 0. The number of aryl methyl sites for hydroxylation is 1. The zero-order valence-corrected chi connectivity index (χ0v) is 16.6. The summed E-state index contributed by atoms with van der Waals surface area (Å²) < 4.78 is 28.6. The minimum absolute atomic E-state index is 0.0243. The molecule has 0 aliphatic carbocycles. The first kappa shape index (κ1) is 20.3. The molecule has 2 rings (SSSR count). The molecule has 2 N–H and O–H groups in total. The lowest BCUT2D eigenvalue weighted by Crippen LogP contribution is -2.31. The topological polar surface area (TPSA) is 83.4 Å². The van der Waals surface area contributed by atoms with Crippen LogP contribution in [0, 0.1) is 0 Å². The maximum absolute atomic E-state index is 12.7. The molecule has 0 atom stereocenters. The van der Waals surface area contributed by atoms with Crippen LogP contribution in [0.2, 0.25) is 5.02 Å². The summed E-state index contributed by atoms with van der Waals surface area (Å²) in [6, 6.07) is 5.87. The van der Waals surface area contributed by atoms with Crippen molar-refractivity contribution in [2.45, 2.75) is 25.3 Å². The number of rotatable bonds is 7. The minimum atomic E-state index is -3.72. The zero-order valence-electron chi connectivity index (χ0n) is 15.0. The van der Waals surface area contributed by atoms with E-state index in [0.717, 1.165) is 5.56 Å². The number of nitrogens with zero attached hydrogens (tertiary/aromatic N) is 2. The number of anilines is 1. The highest BCUT2D eigenvalue weighted by atomic mass is 35.5. The van der Waals surface area contributed by atoms with E-state index >= 15 is 0 Å². The number of carbonyl (C=O) groups is 1. The molecule has 142 valence electrons. The Bertz CT molecular complexity index is 876. The number of carbonyl (C=O) groups excluding carboxylic acids is 1. The van der Waals surface area contributed by atoms with Gasteiger partial charge in [0.25, 0.3) is 0 Å². The summed E-state index contributed by atoms with van der Waals surface area (Å²) in [6.07, 6.45) is 3.79. The molecule has 0 saturated heterocycles.